The summed E-state index contributed by atoms with van der Waals surface area (Å²) < 4.78 is 34.9. The zero-order valence-corrected chi connectivity index (χ0v) is 7.61. The molecule has 13 heavy (non-hydrogen) atoms. The van der Waals surface area contributed by atoms with Crippen molar-refractivity contribution in [1.29, 1.82) is 0 Å². The molecule has 0 aliphatic carbocycles. The highest BCUT2D eigenvalue weighted by atomic mass is 19.4. The smallest absolute Gasteiger partial charge is 0.329 e. The van der Waals surface area contributed by atoms with Crippen LogP contribution in [0.3, 0.4) is 0 Å². The van der Waals surface area contributed by atoms with E-state index in [0.29, 0.717) is 6.54 Å². The molecule has 78 valence electrons. The van der Waals surface area contributed by atoms with E-state index < -0.39 is 18.8 Å². The first-order valence-electron chi connectivity index (χ1n) is 3.92. The molecule has 0 saturated heterocycles. The van der Waals surface area contributed by atoms with Gasteiger partial charge in [-0.05, 0) is 6.42 Å². The van der Waals surface area contributed by atoms with Crippen LogP contribution in [0.5, 0.6) is 0 Å². The van der Waals surface area contributed by atoms with Crippen LogP contribution in [0.4, 0.5) is 18.0 Å². The van der Waals surface area contributed by atoms with Gasteiger partial charge in [-0.25, -0.2) is 4.79 Å². The first kappa shape index (κ1) is 12.1. The van der Waals surface area contributed by atoms with Crippen LogP contribution in [0.25, 0.3) is 0 Å². The van der Waals surface area contributed by atoms with Crippen molar-refractivity contribution >= 4 is 6.03 Å². The third-order valence-electron chi connectivity index (χ3n) is 1.35. The van der Waals surface area contributed by atoms with Crippen molar-refractivity contribution in [3.63, 3.8) is 0 Å². The van der Waals surface area contributed by atoms with Gasteiger partial charge in [-0.3, -0.25) is 0 Å². The maximum atomic E-state index is 11.6. The normalized spacial score (nSPS) is 11.2. The van der Waals surface area contributed by atoms with E-state index in [0.717, 1.165) is 6.42 Å². The highest BCUT2D eigenvalue weighted by Gasteiger charge is 2.28. The molecule has 3 nitrogen and oxygen atoms in total. The number of amides is 2. The van der Waals surface area contributed by atoms with Crippen molar-refractivity contribution < 1.29 is 18.0 Å². The zero-order chi connectivity index (χ0) is 10.5. The molecule has 0 saturated carbocycles. The van der Waals surface area contributed by atoms with Crippen LogP contribution < -0.4 is 5.32 Å². The highest BCUT2D eigenvalue weighted by molar-refractivity contribution is 5.73. The van der Waals surface area contributed by atoms with Gasteiger partial charge in [0, 0.05) is 13.6 Å². The van der Waals surface area contributed by atoms with E-state index in [2.05, 4.69) is 0 Å². The van der Waals surface area contributed by atoms with Gasteiger partial charge >= 0.3 is 12.2 Å². The second-order valence-electron chi connectivity index (χ2n) is 2.70. The average Bonchev–Trinajstić information content (AvgIpc) is 1.99. The van der Waals surface area contributed by atoms with E-state index in [4.69, 9.17) is 0 Å². The number of hydrogen-bond donors (Lipinski definition) is 1. The molecule has 1 N–H and O–H groups in total. The number of halogens is 3. The van der Waals surface area contributed by atoms with Crippen LogP contribution in [-0.4, -0.2) is 37.2 Å². The zero-order valence-electron chi connectivity index (χ0n) is 7.61. The average molecular weight is 198 g/mol. The molecule has 0 aromatic heterocycles. The number of alkyl halides is 3. The summed E-state index contributed by atoms with van der Waals surface area (Å²) in [7, 11) is 1.45. The predicted octanol–water partition coefficient (Wildman–Crippen LogP) is 1.60. The lowest BCUT2D eigenvalue weighted by Gasteiger charge is -2.17. The van der Waals surface area contributed by atoms with Crippen LogP contribution >= 0.6 is 0 Å². The summed E-state index contributed by atoms with van der Waals surface area (Å²) in [6, 6.07) is -0.695. The van der Waals surface area contributed by atoms with E-state index in [1.165, 1.54) is 11.9 Å². The molecule has 0 fully saturated rings. The van der Waals surface area contributed by atoms with Gasteiger partial charge in [-0.2, -0.15) is 13.2 Å². The highest BCUT2D eigenvalue weighted by Crippen LogP contribution is 2.12. The number of hydrogen-bond acceptors (Lipinski definition) is 1. The molecule has 6 heteroatoms. The fourth-order valence-corrected chi connectivity index (χ4v) is 0.748. The lowest BCUT2D eigenvalue weighted by molar-refractivity contribution is -0.123. The summed E-state index contributed by atoms with van der Waals surface area (Å²) in [4.78, 5) is 12.1. The first-order chi connectivity index (χ1) is 5.87. The van der Waals surface area contributed by atoms with Gasteiger partial charge in [0.1, 0.15) is 6.54 Å². The monoisotopic (exact) mass is 198 g/mol. The number of rotatable bonds is 3. The van der Waals surface area contributed by atoms with Gasteiger partial charge in [-0.15, -0.1) is 0 Å². The van der Waals surface area contributed by atoms with Gasteiger partial charge in [0.05, 0.1) is 0 Å². The SMILES string of the molecule is CCCN(C)C(=O)NCC(F)(F)F. The van der Waals surface area contributed by atoms with E-state index in [1.54, 1.807) is 5.32 Å². The summed E-state index contributed by atoms with van der Waals surface area (Å²) in [5, 5.41) is 1.77. The summed E-state index contributed by atoms with van der Waals surface area (Å²) in [5.74, 6) is 0. The van der Waals surface area contributed by atoms with Crippen LogP contribution in [0, 0.1) is 0 Å². The maximum absolute atomic E-state index is 11.6. The predicted molar refractivity (Wildman–Crippen MR) is 42.4 cm³/mol. The minimum atomic E-state index is -4.34. The molecular weight excluding hydrogens is 185 g/mol. The summed E-state index contributed by atoms with van der Waals surface area (Å²) in [5.41, 5.74) is 0. The number of carbonyl (C=O) groups excluding carboxylic acids is 1. The topological polar surface area (TPSA) is 32.3 Å². The van der Waals surface area contributed by atoms with Gasteiger partial charge in [0.2, 0.25) is 0 Å². The number of carbonyl (C=O) groups is 1. The van der Waals surface area contributed by atoms with Crippen LogP contribution in [0.1, 0.15) is 13.3 Å². The maximum Gasteiger partial charge on any atom is 0.405 e. The van der Waals surface area contributed by atoms with Crippen molar-refractivity contribution in [3.8, 4) is 0 Å². The van der Waals surface area contributed by atoms with Crippen molar-refractivity contribution in [2.45, 2.75) is 19.5 Å². The molecule has 0 aliphatic rings. The van der Waals surface area contributed by atoms with Crippen LogP contribution in [0.2, 0.25) is 0 Å². The molecule has 0 aromatic carbocycles. The number of nitrogens with zero attached hydrogens (tertiary/aromatic N) is 1. The summed E-state index contributed by atoms with van der Waals surface area (Å²) in [6.07, 6.45) is -3.63. The van der Waals surface area contributed by atoms with Crippen LogP contribution in [-0.2, 0) is 0 Å². The molecule has 0 rings (SSSR count). The third kappa shape index (κ3) is 6.24. The fourth-order valence-electron chi connectivity index (χ4n) is 0.748. The molecule has 0 unspecified atom stereocenters. The fraction of sp³-hybridized carbons (Fsp3) is 0.857. The van der Waals surface area contributed by atoms with E-state index >= 15 is 0 Å². The van der Waals surface area contributed by atoms with Crippen molar-refractivity contribution in [2.24, 2.45) is 0 Å². The quantitative estimate of drug-likeness (QED) is 0.734. The molecule has 0 bridgehead atoms. The number of nitrogens with one attached hydrogen (secondary N) is 1. The van der Waals surface area contributed by atoms with Crippen molar-refractivity contribution in [3.05, 3.63) is 0 Å². The van der Waals surface area contributed by atoms with Crippen LogP contribution in [0.15, 0.2) is 0 Å². The van der Waals surface area contributed by atoms with E-state index in [1.807, 2.05) is 6.92 Å². The van der Waals surface area contributed by atoms with E-state index in [-0.39, 0.29) is 0 Å². The van der Waals surface area contributed by atoms with Crippen molar-refractivity contribution in [1.82, 2.24) is 10.2 Å². The largest absolute Gasteiger partial charge is 0.405 e. The first-order valence-corrected chi connectivity index (χ1v) is 3.92. The molecule has 0 radical (unpaired) electrons. The molecular formula is C7H13F3N2O. The molecule has 0 spiro atoms. The Morgan fingerprint density at radius 3 is 2.38 bits per heavy atom. The second kappa shape index (κ2) is 4.94. The second-order valence-corrected chi connectivity index (χ2v) is 2.70. The van der Waals surface area contributed by atoms with Gasteiger partial charge in [0.25, 0.3) is 0 Å². The minimum absolute atomic E-state index is 0.448. The Hall–Kier alpha value is -0.940. The lowest BCUT2D eigenvalue weighted by atomic mass is 10.4. The van der Waals surface area contributed by atoms with Gasteiger partial charge in [0.15, 0.2) is 0 Å². The van der Waals surface area contributed by atoms with Gasteiger partial charge in [-0.1, -0.05) is 6.92 Å². The molecule has 0 atom stereocenters. The standard InChI is InChI=1S/C7H13F3N2O/c1-3-4-12(2)6(13)11-5-7(8,9)10/h3-5H2,1-2H3,(H,11,13). The Morgan fingerprint density at radius 1 is 1.46 bits per heavy atom. The Labute approximate surface area is 74.9 Å². The van der Waals surface area contributed by atoms with Crippen molar-refractivity contribution in [2.75, 3.05) is 20.1 Å². The summed E-state index contributed by atoms with van der Waals surface area (Å²) >= 11 is 0. The molecule has 2 amide bonds. The Kier molecular flexibility index (Phi) is 4.58. The molecule has 0 heterocycles. The lowest BCUT2D eigenvalue weighted by Crippen LogP contribution is -2.42. The minimum Gasteiger partial charge on any atom is -0.329 e. The Balaban J connectivity index is 3.74. The molecule has 0 aromatic rings. The Morgan fingerprint density at radius 2 is 2.00 bits per heavy atom. The Bertz CT molecular complexity index is 170. The third-order valence-corrected chi connectivity index (χ3v) is 1.35. The van der Waals surface area contributed by atoms with Gasteiger partial charge < -0.3 is 10.2 Å². The summed E-state index contributed by atoms with van der Waals surface area (Å²) in [6.45, 7) is 1.01. The number of urea groups is 1. The molecule has 0 aliphatic heterocycles. The van der Waals surface area contributed by atoms with E-state index in [9.17, 15) is 18.0 Å².